The van der Waals surface area contributed by atoms with E-state index in [0.29, 0.717) is 12.0 Å². The molecule has 0 saturated carbocycles. The number of benzene rings is 1. The molecule has 1 unspecified atom stereocenters. The molecular weight excluding hydrogens is 215 g/mol. The summed E-state index contributed by atoms with van der Waals surface area (Å²) < 4.78 is 12.9. The topological polar surface area (TPSA) is 15.3 Å². The number of nitrogens with one attached hydrogen (secondary N) is 1. The summed E-state index contributed by atoms with van der Waals surface area (Å²) in [6, 6.07) is 7.14. The van der Waals surface area contributed by atoms with Gasteiger partial charge in [0.25, 0.3) is 0 Å². The number of hydrogen-bond donors (Lipinski definition) is 1. The van der Waals surface area contributed by atoms with Crippen molar-refractivity contribution in [1.82, 2.24) is 4.90 Å². The monoisotopic (exact) mass is 238 g/mol. The standard InChI is InChI=1S/C14H23FN2/c1-11(2)12(3)17(4)9-8-16-14-7-5-6-13(15)10-14/h5-7,10-12,16H,8-9H2,1-4H3. The Hall–Kier alpha value is -1.09. The van der Waals surface area contributed by atoms with Gasteiger partial charge in [-0.2, -0.15) is 0 Å². The SMILES string of the molecule is CC(C)C(C)N(C)CCNc1cccc(F)c1. The van der Waals surface area contributed by atoms with Crippen molar-refractivity contribution >= 4 is 5.69 Å². The van der Waals surface area contributed by atoms with Crippen molar-refractivity contribution in [1.29, 1.82) is 0 Å². The van der Waals surface area contributed by atoms with Crippen LogP contribution in [0.3, 0.4) is 0 Å². The number of hydrogen-bond acceptors (Lipinski definition) is 2. The molecule has 17 heavy (non-hydrogen) atoms. The molecule has 1 aromatic carbocycles. The van der Waals surface area contributed by atoms with Crippen LogP contribution in [-0.4, -0.2) is 31.1 Å². The van der Waals surface area contributed by atoms with Gasteiger partial charge in [0.1, 0.15) is 5.82 Å². The van der Waals surface area contributed by atoms with E-state index in [-0.39, 0.29) is 5.82 Å². The summed E-state index contributed by atoms with van der Waals surface area (Å²) in [6.07, 6.45) is 0. The van der Waals surface area contributed by atoms with E-state index in [1.165, 1.54) is 12.1 Å². The second-order valence-corrected chi connectivity index (χ2v) is 4.90. The van der Waals surface area contributed by atoms with E-state index < -0.39 is 0 Å². The van der Waals surface area contributed by atoms with Gasteiger partial charge < -0.3 is 10.2 Å². The Morgan fingerprint density at radius 3 is 2.59 bits per heavy atom. The Balaban J connectivity index is 2.33. The summed E-state index contributed by atoms with van der Waals surface area (Å²) in [6.45, 7) is 8.46. The number of likely N-dealkylation sites (N-methyl/N-ethyl adjacent to an activating group) is 1. The Bertz CT molecular complexity index is 339. The van der Waals surface area contributed by atoms with E-state index >= 15 is 0 Å². The second kappa shape index (κ2) is 6.60. The average molecular weight is 238 g/mol. The van der Waals surface area contributed by atoms with E-state index in [1.54, 1.807) is 6.07 Å². The molecule has 0 heterocycles. The summed E-state index contributed by atoms with van der Waals surface area (Å²) in [5.74, 6) is 0.452. The van der Waals surface area contributed by atoms with Crippen LogP contribution in [0.25, 0.3) is 0 Å². The van der Waals surface area contributed by atoms with Crippen LogP contribution in [0, 0.1) is 11.7 Å². The molecule has 2 nitrogen and oxygen atoms in total. The fourth-order valence-corrected chi connectivity index (χ4v) is 1.69. The summed E-state index contributed by atoms with van der Waals surface area (Å²) >= 11 is 0. The molecule has 0 aromatic heterocycles. The van der Waals surface area contributed by atoms with E-state index in [1.807, 2.05) is 6.07 Å². The van der Waals surface area contributed by atoms with Crippen molar-refractivity contribution in [3.8, 4) is 0 Å². The lowest BCUT2D eigenvalue weighted by molar-refractivity contribution is 0.215. The molecule has 1 atom stereocenters. The third-order valence-electron chi connectivity index (χ3n) is 3.28. The van der Waals surface area contributed by atoms with Crippen molar-refractivity contribution in [3.63, 3.8) is 0 Å². The number of rotatable bonds is 6. The molecule has 1 aromatic rings. The van der Waals surface area contributed by atoms with Gasteiger partial charge in [-0.3, -0.25) is 0 Å². The first-order chi connectivity index (χ1) is 8.00. The number of nitrogens with zero attached hydrogens (tertiary/aromatic N) is 1. The van der Waals surface area contributed by atoms with E-state index in [0.717, 1.165) is 18.8 Å². The second-order valence-electron chi connectivity index (χ2n) is 4.90. The highest BCUT2D eigenvalue weighted by molar-refractivity contribution is 5.42. The minimum absolute atomic E-state index is 0.195. The molecule has 96 valence electrons. The molecule has 0 bridgehead atoms. The van der Waals surface area contributed by atoms with Gasteiger partial charge in [0.2, 0.25) is 0 Å². The molecule has 3 heteroatoms. The average Bonchev–Trinajstić information content (AvgIpc) is 2.27. The van der Waals surface area contributed by atoms with Gasteiger partial charge in [-0.05, 0) is 38.1 Å². The lowest BCUT2D eigenvalue weighted by atomic mass is 10.1. The highest BCUT2D eigenvalue weighted by atomic mass is 19.1. The van der Waals surface area contributed by atoms with Crippen molar-refractivity contribution in [2.75, 3.05) is 25.5 Å². The van der Waals surface area contributed by atoms with Gasteiger partial charge in [-0.15, -0.1) is 0 Å². The highest BCUT2D eigenvalue weighted by Gasteiger charge is 2.11. The minimum atomic E-state index is -0.195. The zero-order valence-corrected chi connectivity index (χ0v) is 11.2. The van der Waals surface area contributed by atoms with Crippen LogP contribution in [0.4, 0.5) is 10.1 Å². The Labute approximate surface area is 104 Å². The third-order valence-corrected chi connectivity index (χ3v) is 3.28. The van der Waals surface area contributed by atoms with Crippen LogP contribution >= 0.6 is 0 Å². The van der Waals surface area contributed by atoms with Crippen molar-refractivity contribution in [2.45, 2.75) is 26.8 Å². The number of halogens is 1. The fraction of sp³-hybridized carbons (Fsp3) is 0.571. The number of anilines is 1. The zero-order valence-electron chi connectivity index (χ0n) is 11.2. The Kier molecular flexibility index (Phi) is 5.42. The van der Waals surface area contributed by atoms with E-state index in [4.69, 9.17) is 0 Å². The fourth-order valence-electron chi connectivity index (χ4n) is 1.69. The maximum Gasteiger partial charge on any atom is 0.125 e. The predicted octanol–water partition coefficient (Wildman–Crippen LogP) is 3.21. The molecular formula is C14H23FN2. The Morgan fingerprint density at radius 1 is 1.29 bits per heavy atom. The van der Waals surface area contributed by atoms with Crippen LogP contribution < -0.4 is 5.32 Å². The first-order valence-corrected chi connectivity index (χ1v) is 6.20. The molecule has 1 N–H and O–H groups in total. The predicted molar refractivity (Wildman–Crippen MR) is 71.8 cm³/mol. The summed E-state index contributed by atoms with van der Waals surface area (Å²) in [4.78, 5) is 2.32. The third kappa shape index (κ3) is 4.73. The lowest BCUT2D eigenvalue weighted by Gasteiger charge is -2.27. The molecule has 0 aliphatic heterocycles. The first-order valence-electron chi connectivity index (χ1n) is 6.20. The lowest BCUT2D eigenvalue weighted by Crippen LogP contribution is -2.36. The molecule has 0 amide bonds. The van der Waals surface area contributed by atoms with E-state index in [9.17, 15) is 4.39 Å². The molecule has 0 aliphatic carbocycles. The minimum Gasteiger partial charge on any atom is -0.384 e. The van der Waals surface area contributed by atoms with Crippen molar-refractivity contribution in [3.05, 3.63) is 30.1 Å². The van der Waals surface area contributed by atoms with Crippen LogP contribution in [-0.2, 0) is 0 Å². The molecule has 0 aliphatic rings. The van der Waals surface area contributed by atoms with Gasteiger partial charge in [0.05, 0.1) is 0 Å². The van der Waals surface area contributed by atoms with Gasteiger partial charge in [0, 0.05) is 24.8 Å². The quantitative estimate of drug-likeness (QED) is 0.818. The molecule has 0 fully saturated rings. The van der Waals surface area contributed by atoms with Gasteiger partial charge in [0.15, 0.2) is 0 Å². The van der Waals surface area contributed by atoms with Crippen LogP contribution in [0.15, 0.2) is 24.3 Å². The normalized spacial score (nSPS) is 13.1. The molecule has 1 rings (SSSR count). The Morgan fingerprint density at radius 2 is 2.00 bits per heavy atom. The van der Waals surface area contributed by atoms with Crippen LogP contribution in [0.1, 0.15) is 20.8 Å². The summed E-state index contributed by atoms with van der Waals surface area (Å²) in [5.41, 5.74) is 0.843. The smallest absolute Gasteiger partial charge is 0.125 e. The van der Waals surface area contributed by atoms with E-state index in [2.05, 4.69) is 38.0 Å². The van der Waals surface area contributed by atoms with Gasteiger partial charge >= 0.3 is 0 Å². The first kappa shape index (κ1) is 14.0. The maximum absolute atomic E-state index is 12.9. The maximum atomic E-state index is 12.9. The molecule has 0 radical (unpaired) electrons. The van der Waals surface area contributed by atoms with Crippen molar-refractivity contribution < 1.29 is 4.39 Å². The molecule has 0 spiro atoms. The highest BCUT2D eigenvalue weighted by Crippen LogP contribution is 2.10. The van der Waals surface area contributed by atoms with Crippen LogP contribution in [0.5, 0.6) is 0 Å². The summed E-state index contributed by atoms with van der Waals surface area (Å²) in [7, 11) is 2.12. The summed E-state index contributed by atoms with van der Waals surface area (Å²) in [5, 5.41) is 3.23. The van der Waals surface area contributed by atoms with Crippen molar-refractivity contribution in [2.24, 2.45) is 5.92 Å². The van der Waals surface area contributed by atoms with Gasteiger partial charge in [-0.1, -0.05) is 19.9 Å². The molecule has 0 saturated heterocycles. The largest absolute Gasteiger partial charge is 0.384 e. The van der Waals surface area contributed by atoms with Gasteiger partial charge in [-0.25, -0.2) is 4.39 Å². The zero-order chi connectivity index (χ0) is 12.8. The van der Waals surface area contributed by atoms with Crippen LogP contribution in [0.2, 0.25) is 0 Å².